The zero-order chi connectivity index (χ0) is 12.0. The van der Waals surface area contributed by atoms with Crippen LogP contribution in [0, 0.1) is 17.8 Å². The summed E-state index contributed by atoms with van der Waals surface area (Å²) in [5.74, 6) is 2.71. The Kier molecular flexibility index (Phi) is 4.82. The van der Waals surface area contributed by atoms with Crippen LogP contribution in [-0.4, -0.2) is 30.4 Å². The van der Waals surface area contributed by atoms with Gasteiger partial charge in [0.2, 0.25) is 5.91 Å². The van der Waals surface area contributed by atoms with Gasteiger partial charge < -0.3 is 10.6 Å². The van der Waals surface area contributed by atoms with Crippen LogP contribution in [0.3, 0.4) is 0 Å². The van der Waals surface area contributed by atoms with Crippen molar-refractivity contribution in [1.29, 1.82) is 0 Å². The molecular weight excluding hydrogens is 200 g/mol. The van der Waals surface area contributed by atoms with E-state index in [2.05, 4.69) is 5.92 Å². The summed E-state index contributed by atoms with van der Waals surface area (Å²) < 4.78 is 0. The number of nitrogens with two attached hydrogens (primary N) is 1. The Morgan fingerprint density at radius 1 is 1.44 bits per heavy atom. The lowest BCUT2D eigenvalue weighted by molar-refractivity contribution is -0.142. The number of hydrogen-bond acceptors (Lipinski definition) is 2. The van der Waals surface area contributed by atoms with Crippen molar-refractivity contribution in [2.45, 2.75) is 39.0 Å². The third-order valence-corrected chi connectivity index (χ3v) is 3.61. The van der Waals surface area contributed by atoms with Crippen LogP contribution >= 0.6 is 0 Å². The van der Waals surface area contributed by atoms with Gasteiger partial charge in [0, 0.05) is 13.1 Å². The van der Waals surface area contributed by atoms with E-state index in [0.29, 0.717) is 19.6 Å². The van der Waals surface area contributed by atoms with Gasteiger partial charge in [-0.1, -0.05) is 25.2 Å². The number of nitrogens with zero attached hydrogens (tertiary/aromatic N) is 1. The number of rotatable bonds is 4. The Balaban J connectivity index is 2.78. The molecule has 16 heavy (non-hydrogen) atoms. The summed E-state index contributed by atoms with van der Waals surface area (Å²) in [6.45, 7) is 3.48. The van der Waals surface area contributed by atoms with Crippen LogP contribution in [-0.2, 0) is 4.79 Å². The minimum Gasteiger partial charge on any atom is -0.331 e. The molecule has 0 spiro atoms. The third kappa shape index (κ3) is 2.56. The van der Waals surface area contributed by atoms with Crippen LogP contribution in [0.5, 0.6) is 0 Å². The third-order valence-electron chi connectivity index (χ3n) is 3.61. The van der Waals surface area contributed by atoms with E-state index in [1.165, 1.54) is 6.42 Å². The monoisotopic (exact) mass is 222 g/mol. The first-order valence-electron chi connectivity index (χ1n) is 6.13. The molecule has 1 saturated carbocycles. The van der Waals surface area contributed by atoms with E-state index in [1.54, 1.807) is 4.90 Å². The van der Waals surface area contributed by atoms with E-state index in [1.807, 2.05) is 6.92 Å². The molecule has 0 aromatic carbocycles. The maximum atomic E-state index is 12.4. The second-order valence-electron chi connectivity index (χ2n) is 4.57. The van der Waals surface area contributed by atoms with Crippen LogP contribution < -0.4 is 5.73 Å². The smallest absolute Gasteiger partial charge is 0.230 e. The molecule has 0 aliphatic heterocycles. The minimum absolute atomic E-state index is 0.162. The fraction of sp³-hybridized carbons (Fsp3) is 0.769. The van der Waals surface area contributed by atoms with Crippen molar-refractivity contribution in [1.82, 2.24) is 4.90 Å². The summed E-state index contributed by atoms with van der Waals surface area (Å²) in [6.07, 6.45) is 10.6. The number of carbonyl (C=O) groups excluding carboxylic acids is 1. The predicted molar refractivity (Wildman–Crippen MR) is 65.7 cm³/mol. The van der Waals surface area contributed by atoms with Crippen LogP contribution in [0.25, 0.3) is 0 Å². The number of terminal acetylenes is 1. The van der Waals surface area contributed by atoms with Gasteiger partial charge >= 0.3 is 0 Å². The molecule has 1 fully saturated rings. The first kappa shape index (κ1) is 13.1. The minimum atomic E-state index is -0.328. The summed E-state index contributed by atoms with van der Waals surface area (Å²) in [4.78, 5) is 14.2. The van der Waals surface area contributed by atoms with E-state index in [9.17, 15) is 4.79 Å². The second kappa shape index (κ2) is 5.91. The van der Waals surface area contributed by atoms with Crippen molar-refractivity contribution in [3.05, 3.63) is 0 Å². The van der Waals surface area contributed by atoms with Crippen molar-refractivity contribution in [2.75, 3.05) is 19.6 Å². The molecule has 0 atom stereocenters. The molecule has 3 heteroatoms. The lowest BCUT2D eigenvalue weighted by atomic mass is 9.73. The molecule has 0 aromatic heterocycles. The fourth-order valence-electron chi connectivity index (χ4n) is 2.51. The Hall–Kier alpha value is -1.01. The average molecular weight is 222 g/mol. The van der Waals surface area contributed by atoms with Crippen LogP contribution in [0.15, 0.2) is 0 Å². The van der Waals surface area contributed by atoms with Gasteiger partial charge in [0.15, 0.2) is 0 Å². The highest BCUT2D eigenvalue weighted by atomic mass is 16.2. The van der Waals surface area contributed by atoms with Crippen LogP contribution in [0.2, 0.25) is 0 Å². The zero-order valence-corrected chi connectivity index (χ0v) is 10.2. The Bertz CT molecular complexity index is 274. The average Bonchev–Trinajstić information content (AvgIpc) is 2.36. The van der Waals surface area contributed by atoms with Gasteiger partial charge in [0.05, 0.1) is 12.0 Å². The number of amides is 1. The summed E-state index contributed by atoms with van der Waals surface area (Å²) in [5, 5.41) is 0. The molecule has 1 amide bonds. The summed E-state index contributed by atoms with van der Waals surface area (Å²) in [5.41, 5.74) is 5.50. The molecule has 0 unspecified atom stereocenters. The highest BCUT2D eigenvalue weighted by Crippen LogP contribution is 2.36. The highest BCUT2D eigenvalue weighted by Gasteiger charge is 2.40. The second-order valence-corrected chi connectivity index (χ2v) is 4.57. The van der Waals surface area contributed by atoms with E-state index in [0.717, 1.165) is 25.7 Å². The van der Waals surface area contributed by atoms with Crippen molar-refractivity contribution in [3.63, 3.8) is 0 Å². The lowest BCUT2D eigenvalue weighted by Gasteiger charge is -2.38. The van der Waals surface area contributed by atoms with Crippen molar-refractivity contribution >= 4 is 5.91 Å². The largest absolute Gasteiger partial charge is 0.331 e. The van der Waals surface area contributed by atoms with Crippen molar-refractivity contribution in [2.24, 2.45) is 11.1 Å². The molecule has 3 nitrogen and oxygen atoms in total. The summed E-state index contributed by atoms with van der Waals surface area (Å²) in [6, 6.07) is 0. The van der Waals surface area contributed by atoms with Gasteiger partial charge in [-0.2, -0.15) is 0 Å². The normalized spacial score (nSPS) is 18.8. The Morgan fingerprint density at radius 2 is 2.06 bits per heavy atom. The molecular formula is C13H22N2O. The maximum absolute atomic E-state index is 12.4. The molecule has 0 radical (unpaired) electrons. The molecule has 1 rings (SSSR count). The van der Waals surface area contributed by atoms with Crippen LogP contribution in [0.4, 0.5) is 0 Å². The lowest BCUT2D eigenvalue weighted by Crippen LogP contribution is -2.49. The SMILES string of the molecule is C#CCN(CC)C(=O)C1(CN)CCCCC1. The van der Waals surface area contributed by atoms with Gasteiger partial charge in [-0.25, -0.2) is 0 Å². The van der Waals surface area contributed by atoms with Gasteiger partial charge in [-0.3, -0.25) is 4.79 Å². The maximum Gasteiger partial charge on any atom is 0.230 e. The van der Waals surface area contributed by atoms with Crippen molar-refractivity contribution < 1.29 is 4.79 Å². The Labute approximate surface area is 98.4 Å². The van der Waals surface area contributed by atoms with E-state index in [-0.39, 0.29) is 11.3 Å². The van der Waals surface area contributed by atoms with E-state index in [4.69, 9.17) is 12.2 Å². The molecule has 0 saturated heterocycles. The highest BCUT2D eigenvalue weighted by molar-refractivity contribution is 5.83. The fourth-order valence-corrected chi connectivity index (χ4v) is 2.51. The first-order chi connectivity index (χ1) is 7.70. The van der Waals surface area contributed by atoms with Gasteiger partial charge in [-0.05, 0) is 19.8 Å². The van der Waals surface area contributed by atoms with Gasteiger partial charge in [-0.15, -0.1) is 6.42 Å². The molecule has 1 aliphatic rings. The van der Waals surface area contributed by atoms with E-state index < -0.39 is 0 Å². The van der Waals surface area contributed by atoms with E-state index >= 15 is 0 Å². The molecule has 2 N–H and O–H groups in total. The number of carbonyl (C=O) groups is 1. The summed E-state index contributed by atoms with van der Waals surface area (Å²) >= 11 is 0. The summed E-state index contributed by atoms with van der Waals surface area (Å²) in [7, 11) is 0. The molecule has 1 aliphatic carbocycles. The molecule has 90 valence electrons. The quantitative estimate of drug-likeness (QED) is 0.730. The molecule has 0 aromatic rings. The topological polar surface area (TPSA) is 46.3 Å². The molecule has 0 heterocycles. The predicted octanol–water partition coefficient (Wildman–Crippen LogP) is 1.38. The standard InChI is InChI=1S/C13H22N2O/c1-3-10-15(4-2)12(16)13(11-14)8-6-5-7-9-13/h1H,4-11,14H2,2H3. The first-order valence-corrected chi connectivity index (χ1v) is 6.13. The molecule has 0 bridgehead atoms. The zero-order valence-electron chi connectivity index (χ0n) is 10.2. The number of hydrogen-bond donors (Lipinski definition) is 1. The Morgan fingerprint density at radius 3 is 2.50 bits per heavy atom. The van der Waals surface area contributed by atoms with Gasteiger partial charge in [0.1, 0.15) is 0 Å². The van der Waals surface area contributed by atoms with Gasteiger partial charge in [0.25, 0.3) is 0 Å². The van der Waals surface area contributed by atoms with Crippen molar-refractivity contribution in [3.8, 4) is 12.3 Å². The van der Waals surface area contributed by atoms with Crippen LogP contribution in [0.1, 0.15) is 39.0 Å².